The standard InChI is InChI=1S/C19H17ClN2O7/c1-10-17(19(25)28-3)11(2)21-18(10)15(23)9-29-16(24)7-5-12-4-6-13(20)14(8-12)22(26)27/h4-8,21H,9H2,1-3H3/b7-5+. The number of ether oxygens (including phenoxy) is 2. The number of nitro groups is 1. The Morgan fingerprint density at radius 3 is 2.59 bits per heavy atom. The predicted molar refractivity (Wildman–Crippen MR) is 104 cm³/mol. The van der Waals surface area contributed by atoms with E-state index in [-0.39, 0.29) is 22.0 Å². The lowest BCUT2D eigenvalue weighted by Gasteiger charge is -2.02. The Bertz CT molecular complexity index is 1020. The van der Waals surface area contributed by atoms with E-state index in [0.717, 1.165) is 6.08 Å². The number of aromatic nitrogens is 1. The van der Waals surface area contributed by atoms with Crippen LogP contribution in [0, 0.1) is 24.0 Å². The fourth-order valence-corrected chi connectivity index (χ4v) is 2.82. The van der Waals surface area contributed by atoms with E-state index in [9.17, 15) is 24.5 Å². The number of benzene rings is 1. The summed E-state index contributed by atoms with van der Waals surface area (Å²) < 4.78 is 9.58. The van der Waals surface area contributed by atoms with E-state index in [1.54, 1.807) is 13.8 Å². The van der Waals surface area contributed by atoms with Gasteiger partial charge in [-0.2, -0.15) is 0 Å². The SMILES string of the molecule is COC(=O)c1c(C)[nH]c(C(=O)COC(=O)/C=C/c2ccc(Cl)c([N+](=O)[O-])c2)c1C. The zero-order valence-corrected chi connectivity index (χ0v) is 16.5. The first-order valence-electron chi connectivity index (χ1n) is 8.25. The summed E-state index contributed by atoms with van der Waals surface area (Å²) in [5.41, 5.74) is 1.34. The van der Waals surface area contributed by atoms with Gasteiger partial charge in [0.1, 0.15) is 5.02 Å². The third kappa shape index (κ3) is 5.08. The summed E-state index contributed by atoms with van der Waals surface area (Å²) in [6.07, 6.45) is 2.34. The van der Waals surface area contributed by atoms with Gasteiger partial charge >= 0.3 is 11.9 Å². The van der Waals surface area contributed by atoms with Gasteiger partial charge in [0.15, 0.2) is 6.61 Å². The van der Waals surface area contributed by atoms with Gasteiger partial charge in [-0.1, -0.05) is 17.7 Å². The number of esters is 2. The number of methoxy groups -OCH3 is 1. The first-order chi connectivity index (χ1) is 13.6. The Hall–Kier alpha value is -3.46. The molecule has 10 heteroatoms. The monoisotopic (exact) mass is 420 g/mol. The van der Waals surface area contributed by atoms with Gasteiger partial charge in [-0.25, -0.2) is 9.59 Å². The number of Topliss-reactive ketones (excluding diaryl/α,β-unsaturated/α-hetero) is 1. The topological polar surface area (TPSA) is 129 Å². The molecule has 29 heavy (non-hydrogen) atoms. The molecule has 0 bridgehead atoms. The van der Waals surface area contributed by atoms with E-state index < -0.39 is 29.3 Å². The molecule has 0 saturated heterocycles. The molecule has 0 aliphatic carbocycles. The van der Waals surface area contributed by atoms with Crippen LogP contribution >= 0.6 is 11.6 Å². The number of nitro benzene ring substituents is 1. The van der Waals surface area contributed by atoms with Crippen molar-refractivity contribution in [1.82, 2.24) is 4.98 Å². The number of aryl methyl sites for hydroxylation is 1. The van der Waals surface area contributed by atoms with Crippen LogP contribution in [0.2, 0.25) is 5.02 Å². The average molecular weight is 421 g/mol. The Morgan fingerprint density at radius 2 is 1.97 bits per heavy atom. The maximum Gasteiger partial charge on any atom is 0.339 e. The minimum Gasteiger partial charge on any atom is -0.465 e. The van der Waals surface area contributed by atoms with E-state index >= 15 is 0 Å². The molecule has 0 unspecified atom stereocenters. The van der Waals surface area contributed by atoms with E-state index in [2.05, 4.69) is 9.72 Å². The number of rotatable bonds is 7. The molecule has 0 atom stereocenters. The van der Waals surface area contributed by atoms with Gasteiger partial charge in [-0.05, 0) is 37.1 Å². The average Bonchev–Trinajstić information content (AvgIpc) is 2.98. The van der Waals surface area contributed by atoms with Crippen molar-refractivity contribution >= 4 is 41.1 Å². The van der Waals surface area contributed by atoms with Crippen LogP contribution in [0.4, 0.5) is 5.69 Å². The van der Waals surface area contributed by atoms with Gasteiger partial charge in [-0.3, -0.25) is 14.9 Å². The molecule has 1 N–H and O–H groups in total. The molecule has 1 heterocycles. The lowest BCUT2D eigenvalue weighted by atomic mass is 10.1. The van der Waals surface area contributed by atoms with Crippen LogP contribution in [-0.2, 0) is 14.3 Å². The molecular formula is C19H17ClN2O7. The number of halogens is 1. The minimum absolute atomic E-state index is 0.0248. The molecule has 0 radical (unpaired) electrons. The van der Waals surface area contributed by atoms with Crippen LogP contribution in [0.5, 0.6) is 0 Å². The minimum atomic E-state index is -0.815. The number of H-pyrrole nitrogens is 1. The first-order valence-corrected chi connectivity index (χ1v) is 8.63. The van der Waals surface area contributed by atoms with Crippen LogP contribution in [0.3, 0.4) is 0 Å². The van der Waals surface area contributed by atoms with Crippen molar-refractivity contribution in [3.05, 3.63) is 67.5 Å². The number of ketones is 1. The van der Waals surface area contributed by atoms with Crippen LogP contribution in [0.15, 0.2) is 24.3 Å². The fraction of sp³-hybridized carbons (Fsp3) is 0.211. The predicted octanol–water partition coefficient (Wildman–Crippen LogP) is 3.42. The Kier molecular flexibility index (Phi) is 6.89. The number of hydrogen-bond acceptors (Lipinski definition) is 7. The number of hydrogen-bond donors (Lipinski definition) is 1. The second-order valence-electron chi connectivity index (χ2n) is 5.95. The van der Waals surface area contributed by atoms with Crippen LogP contribution in [-0.4, -0.2) is 41.3 Å². The van der Waals surface area contributed by atoms with Gasteiger partial charge in [0.2, 0.25) is 5.78 Å². The third-order valence-corrected chi connectivity index (χ3v) is 4.35. The molecule has 2 aromatic rings. The molecule has 152 valence electrons. The highest BCUT2D eigenvalue weighted by atomic mass is 35.5. The molecule has 1 aromatic carbocycles. The fourth-order valence-electron chi connectivity index (χ4n) is 2.63. The van der Waals surface area contributed by atoms with Crippen molar-refractivity contribution in [3.63, 3.8) is 0 Å². The highest BCUT2D eigenvalue weighted by Crippen LogP contribution is 2.25. The summed E-state index contributed by atoms with van der Waals surface area (Å²) >= 11 is 5.72. The third-order valence-electron chi connectivity index (χ3n) is 4.03. The van der Waals surface area contributed by atoms with E-state index in [0.29, 0.717) is 16.8 Å². The molecule has 1 aromatic heterocycles. The normalized spacial score (nSPS) is 10.8. The first kappa shape index (κ1) is 21.8. The van der Waals surface area contributed by atoms with Crippen molar-refractivity contribution in [1.29, 1.82) is 0 Å². The Balaban J connectivity index is 2.04. The lowest BCUT2D eigenvalue weighted by molar-refractivity contribution is -0.384. The summed E-state index contributed by atoms with van der Waals surface area (Å²) in [5, 5.41) is 10.9. The van der Waals surface area contributed by atoms with Crippen LogP contribution in [0.25, 0.3) is 6.08 Å². The molecule has 0 aliphatic rings. The molecule has 0 amide bonds. The number of carbonyl (C=O) groups excluding carboxylic acids is 3. The number of nitrogens with one attached hydrogen (secondary N) is 1. The van der Waals surface area contributed by atoms with Gasteiger partial charge in [-0.15, -0.1) is 0 Å². The van der Waals surface area contributed by atoms with E-state index in [1.807, 2.05) is 0 Å². The van der Waals surface area contributed by atoms with Gasteiger partial charge < -0.3 is 14.5 Å². The summed E-state index contributed by atoms with van der Waals surface area (Å²) in [6.45, 7) is 2.65. The van der Waals surface area contributed by atoms with Crippen LogP contribution < -0.4 is 0 Å². The van der Waals surface area contributed by atoms with E-state index in [1.165, 1.54) is 31.4 Å². The summed E-state index contributed by atoms with van der Waals surface area (Å²) in [6, 6.07) is 4.03. The Morgan fingerprint density at radius 1 is 1.28 bits per heavy atom. The summed E-state index contributed by atoms with van der Waals surface area (Å²) in [7, 11) is 1.24. The van der Waals surface area contributed by atoms with Crippen molar-refractivity contribution in [3.8, 4) is 0 Å². The highest BCUT2D eigenvalue weighted by Gasteiger charge is 2.23. The van der Waals surface area contributed by atoms with Crippen molar-refractivity contribution in [2.45, 2.75) is 13.8 Å². The lowest BCUT2D eigenvalue weighted by Crippen LogP contribution is -2.14. The summed E-state index contributed by atoms with van der Waals surface area (Å²) in [4.78, 5) is 48.9. The van der Waals surface area contributed by atoms with Crippen molar-refractivity contribution in [2.75, 3.05) is 13.7 Å². The van der Waals surface area contributed by atoms with Gasteiger partial charge in [0, 0.05) is 17.8 Å². The molecule has 0 saturated carbocycles. The molecule has 2 rings (SSSR count). The number of carbonyl (C=O) groups is 3. The Labute approximate surface area is 170 Å². The highest BCUT2D eigenvalue weighted by molar-refractivity contribution is 6.32. The van der Waals surface area contributed by atoms with Gasteiger partial charge in [0.25, 0.3) is 5.69 Å². The zero-order valence-electron chi connectivity index (χ0n) is 15.8. The molecule has 0 spiro atoms. The molecular weight excluding hydrogens is 404 g/mol. The van der Waals surface area contributed by atoms with Crippen molar-refractivity contribution < 1.29 is 28.8 Å². The maximum atomic E-state index is 12.3. The van der Waals surface area contributed by atoms with Crippen molar-refractivity contribution in [2.24, 2.45) is 0 Å². The molecule has 0 fully saturated rings. The quantitative estimate of drug-likeness (QED) is 0.239. The number of nitrogens with zero attached hydrogens (tertiary/aromatic N) is 1. The number of aromatic amines is 1. The smallest absolute Gasteiger partial charge is 0.339 e. The zero-order chi connectivity index (χ0) is 21.7. The van der Waals surface area contributed by atoms with Crippen LogP contribution in [0.1, 0.15) is 37.7 Å². The second-order valence-corrected chi connectivity index (χ2v) is 6.36. The largest absolute Gasteiger partial charge is 0.465 e. The maximum absolute atomic E-state index is 12.3. The second kappa shape index (κ2) is 9.16. The molecule has 0 aliphatic heterocycles. The van der Waals surface area contributed by atoms with E-state index in [4.69, 9.17) is 16.3 Å². The summed E-state index contributed by atoms with van der Waals surface area (Å²) in [5.74, 6) is -1.91. The van der Waals surface area contributed by atoms with Gasteiger partial charge in [0.05, 0.1) is 23.3 Å². The molecule has 9 nitrogen and oxygen atoms in total.